The number of hydrogen-bond donors (Lipinski definition) is 1. The van der Waals surface area contributed by atoms with Gasteiger partial charge in [-0.15, -0.1) is 0 Å². The second-order valence-electron chi connectivity index (χ2n) is 4.43. The summed E-state index contributed by atoms with van der Waals surface area (Å²) in [5, 5.41) is 3.47. The zero-order chi connectivity index (χ0) is 13.0. The van der Waals surface area contributed by atoms with Gasteiger partial charge in [-0.1, -0.05) is 36.8 Å². The Morgan fingerprint density at radius 2 is 1.94 bits per heavy atom. The van der Waals surface area contributed by atoms with Crippen LogP contribution in [0.4, 0.5) is 0 Å². The van der Waals surface area contributed by atoms with Gasteiger partial charge in [-0.05, 0) is 47.4 Å². The molecule has 1 atom stereocenters. The van der Waals surface area contributed by atoms with Gasteiger partial charge in [-0.3, -0.25) is 0 Å². The van der Waals surface area contributed by atoms with Crippen molar-refractivity contribution in [3.8, 4) is 0 Å². The Balaban J connectivity index is 2.16. The number of furan rings is 1. The SMILES string of the molecule is CCNC(Cc1ccc(C)cc1)c1occc1Br. The largest absolute Gasteiger partial charge is 0.466 e. The van der Waals surface area contributed by atoms with Crippen LogP contribution in [-0.4, -0.2) is 6.54 Å². The van der Waals surface area contributed by atoms with Crippen molar-refractivity contribution in [3.05, 3.63) is 58.0 Å². The Bertz CT molecular complexity index is 489. The summed E-state index contributed by atoms with van der Waals surface area (Å²) in [5.74, 6) is 0.970. The lowest BCUT2D eigenvalue weighted by Gasteiger charge is -2.16. The third kappa shape index (κ3) is 3.24. The first-order valence-electron chi connectivity index (χ1n) is 6.22. The Kier molecular flexibility index (Phi) is 4.61. The summed E-state index contributed by atoms with van der Waals surface area (Å²) in [4.78, 5) is 0. The lowest BCUT2D eigenvalue weighted by atomic mass is 10.0. The van der Waals surface area contributed by atoms with Crippen LogP contribution in [0.2, 0.25) is 0 Å². The zero-order valence-corrected chi connectivity index (χ0v) is 12.3. The van der Waals surface area contributed by atoms with Crippen molar-refractivity contribution in [2.75, 3.05) is 6.54 Å². The van der Waals surface area contributed by atoms with Crippen molar-refractivity contribution < 1.29 is 4.42 Å². The average molecular weight is 308 g/mol. The summed E-state index contributed by atoms with van der Waals surface area (Å²) < 4.78 is 6.59. The third-order valence-electron chi connectivity index (χ3n) is 2.97. The van der Waals surface area contributed by atoms with Crippen LogP contribution >= 0.6 is 15.9 Å². The highest BCUT2D eigenvalue weighted by atomic mass is 79.9. The van der Waals surface area contributed by atoms with E-state index in [0.717, 1.165) is 23.2 Å². The van der Waals surface area contributed by atoms with Gasteiger partial charge in [0.1, 0.15) is 5.76 Å². The van der Waals surface area contributed by atoms with Gasteiger partial charge in [0.2, 0.25) is 0 Å². The van der Waals surface area contributed by atoms with Crippen molar-refractivity contribution in [2.24, 2.45) is 0 Å². The minimum atomic E-state index is 0.210. The number of likely N-dealkylation sites (N-methyl/N-ethyl adjacent to an activating group) is 1. The Morgan fingerprint density at radius 1 is 1.22 bits per heavy atom. The van der Waals surface area contributed by atoms with E-state index in [1.54, 1.807) is 6.26 Å². The van der Waals surface area contributed by atoms with Crippen LogP contribution in [0.15, 0.2) is 45.5 Å². The molecule has 0 spiro atoms. The molecule has 0 fully saturated rings. The molecule has 0 aliphatic heterocycles. The smallest absolute Gasteiger partial charge is 0.135 e. The molecule has 1 aromatic carbocycles. The molecule has 0 radical (unpaired) electrons. The minimum absolute atomic E-state index is 0.210. The van der Waals surface area contributed by atoms with Gasteiger partial charge in [0.25, 0.3) is 0 Å². The summed E-state index contributed by atoms with van der Waals surface area (Å²) in [6, 6.07) is 10.8. The van der Waals surface area contributed by atoms with Crippen LogP contribution in [0, 0.1) is 6.92 Å². The summed E-state index contributed by atoms with van der Waals surface area (Å²) in [5.41, 5.74) is 2.60. The number of nitrogens with one attached hydrogen (secondary N) is 1. The van der Waals surface area contributed by atoms with E-state index in [1.807, 2.05) is 6.07 Å². The monoisotopic (exact) mass is 307 g/mol. The molecule has 18 heavy (non-hydrogen) atoms. The van der Waals surface area contributed by atoms with Crippen molar-refractivity contribution in [1.82, 2.24) is 5.32 Å². The van der Waals surface area contributed by atoms with Gasteiger partial charge in [-0.25, -0.2) is 0 Å². The molecule has 2 rings (SSSR count). The molecule has 1 unspecified atom stereocenters. The van der Waals surface area contributed by atoms with E-state index in [9.17, 15) is 0 Å². The molecule has 96 valence electrons. The van der Waals surface area contributed by atoms with Gasteiger partial charge in [0.15, 0.2) is 0 Å². The summed E-state index contributed by atoms with van der Waals surface area (Å²) in [6.45, 7) is 5.14. The van der Waals surface area contributed by atoms with E-state index < -0.39 is 0 Å². The van der Waals surface area contributed by atoms with Crippen molar-refractivity contribution in [2.45, 2.75) is 26.3 Å². The molecular formula is C15H18BrNO. The maximum absolute atomic E-state index is 5.57. The highest BCUT2D eigenvalue weighted by Crippen LogP contribution is 2.27. The molecular weight excluding hydrogens is 290 g/mol. The molecule has 0 amide bonds. The summed E-state index contributed by atoms with van der Waals surface area (Å²) in [7, 11) is 0. The lowest BCUT2D eigenvalue weighted by molar-refractivity contribution is 0.414. The first kappa shape index (κ1) is 13.4. The molecule has 0 saturated carbocycles. The second kappa shape index (κ2) is 6.21. The number of rotatable bonds is 5. The van der Waals surface area contributed by atoms with E-state index >= 15 is 0 Å². The molecule has 1 aromatic heterocycles. The van der Waals surface area contributed by atoms with Gasteiger partial charge in [0, 0.05) is 0 Å². The normalized spacial score (nSPS) is 12.6. The Morgan fingerprint density at radius 3 is 2.50 bits per heavy atom. The molecule has 1 heterocycles. The van der Waals surface area contributed by atoms with E-state index in [0.29, 0.717) is 0 Å². The standard InChI is InChI=1S/C15H18BrNO/c1-3-17-14(15-13(16)8-9-18-15)10-12-6-4-11(2)5-7-12/h4-9,14,17H,3,10H2,1-2H3. The summed E-state index contributed by atoms with van der Waals surface area (Å²) >= 11 is 3.53. The highest BCUT2D eigenvalue weighted by molar-refractivity contribution is 9.10. The van der Waals surface area contributed by atoms with Crippen LogP contribution in [0.1, 0.15) is 29.9 Å². The topological polar surface area (TPSA) is 25.2 Å². The fourth-order valence-electron chi connectivity index (χ4n) is 2.02. The van der Waals surface area contributed by atoms with E-state index in [-0.39, 0.29) is 6.04 Å². The van der Waals surface area contributed by atoms with Gasteiger partial charge in [-0.2, -0.15) is 0 Å². The van der Waals surface area contributed by atoms with Crippen molar-refractivity contribution >= 4 is 15.9 Å². The molecule has 0 bridgehead atoms. The second-order valence-corrected chi connectivity index (χ2v) is 5.29. The summed E-state index contributed by atoms with van der Waals surface area (Å²) in [6.07, 6.45) is 2.65. The van der Waals surface area contributed by atoms with E-state index in [1.165, 1.54) is 11.1 Å². The van der Waals surface area contributed by atoms with Crippen LogP contribution in [-0.2, 0) is 6.42 Å². The van der Waals surface area contributed by atoms with Crippen LogP contribution in [0.3, 0.4) is 0 Å². The molecule has 2 aromatic rings. The number of halogens is 1. The molecule has 2 nitrogen and oxygen atoms in total. The molecule has 0 saturated heterocycles. The predicted molar refractivity (Wildman–Crippen MR) is 77.7 cm³/mol. The van der Waals surface area contributed by atoms with E-state index in [2.05, 4.69) is 59.4 Å². The fraction of sp³-hybridized carbons (Fsp3) is 0.333. The van der Waals surface area contributed by atoms with E-state index in [4.69, 9.17) is 4.42 Å². The van der Waals surface area contributed by atoms with Crippen LogP contribution in [0.5, 0.6) is 0 Å². The van der Waals surface area contributed by atoms with Gasteiger partial charge >= 0.3 is 0 Å². The molecule has 0 aliphatic carbocycles. The lowest BCUT2D eigenvalue weighted by Crippen LogP contribution is -2.22. The maximum atomic E-state index is 5.57. The molecule has 0 aliphatic rings. The first-order chi connectivity index (χ1) is 8.70. The van der Waals surface area contributed by atoms with Crippen molar-refractivity contribution in [1.29, 1.82) is 0 Å². The minimum Gasteiger partial charge on any atom is -0.466 e. The first-order valence-corrected chi connectivity index (χ1v) is 7.01. The molecule has 1 N–H and O–H groups in total. The fourth-order valence-corrected chi connectivity index (χ4v) is 2.50. The Labute approximate surface area is 117 Å². The average Bonchev–Trinajstić information content (AvgIpc) is 2.78. The van der Waals surface area contributed by atoms with Crippen LogP contribution in [0.25, 0.3) is 0 Å². The third-order valence-corrected chi connectivity index (χ3v) is 3.63. The zero-order valence-electron chi connectivity index (χ0n) is 10.7. The number of aryl methyl sites for hydroxylation is 1. The molecule has 3 heteroatoms. The maximum Gasteiger partial charge on any atom is 0.135 e. The highest BCUT2D eigenvalue weighted by Gasteiger charge is 2.17. The van der Waals surface area contributed by atoms with Crippen LogP contribution < -0.4 is 5.32 Å². The Hall–Kier alpha value is -1.06. The van der Waals surface area contributed by atoms with Crippen molar-refractivity contribution in [3.63, 3.8) is 0 Å². The predicted octanol–water partition coefficient (Wildman–Crippen LogP) is 4.24. The van der Waals surface area contributed by atoms with Gasteiger partial charge in [0.05, 0.1) is 16.8 Å². The number of hydrogen-bond acceptors (Lipinski definition) is 2. The quantitative estimate of drug-likeness (QED) is 0.893. The number of benzene rings is 1. The van der Waals surface area contributed by atoms with Gasteiger partial charge < -0.3 is 9.73 Å².